The summed E-state index contributed by atoms with van der Waals surface area (Å²) in [6, 6.07) is 9.41. The van der Waals surface area contributed by atoms with Gasteiger partial charge in [0.05, 0.1) is 0 Å². The van der Waals surface area contributed by atoms with Gasteiger partial charge in [0.1, 0.15) is 12.4 Å². The van der Waals surface area contributed by atoms with Crippen LogP contribution in [0.3, 0.4) is 0 Å². The van der Waals surface area contributed by atoms with Crippen LogP contribution in [0, 0.1) is 12.8 Å². The zero-order valence-corrected chi connectivity index (χ0v) is 13.6. The summed E-state index contributed by atoms with van der Waals surface area (Å²) >= 11 is 0. The molecule has 1 aromatic carbocycles. The Balaban J connectivity index is 1.49. The Bertz CT molecular complexity index is 706. The molecule has 0 saturated carbocycles. The lowest BCUT2D eigenvalue weighted by Crippen LogP contribution is -2.43. The highest BCUT2D eigenvalue weighted by molar-refractivity contribution is 5.92. The zero-order valence-electron chi connectivity index (χ0n) is 13.6. The smallest absolute Gasteiger partial charge is 0.244 e. The van der Waals surface area contributed by atoms with Crippen molar-refractivity contribution in [1.29, 1.82) is 0 Å². The average Bonchev–Trinajstić information content (AvgIpc) is 3.00. The van der Waals surface area contributed by atoms with E-state index < -0.39 is 0 Å². The summed E-state index contributed by atoms with van der Waals surface area (Å²) < 4.78 is 1.48. The lowest BCUT2D eigenvalue weighted by molar-refractivity contribution is -0.135. The van der Waals surface area contributed by atoms with Gasteiger partial charge < -0.3 is 10.2 Å². The highest BCUT2D eigenvalue weighted by Gasteiger charge is 2.27. The minimum absolute atomic E-state index is 0.0182. The highest BCUT2D eigenvalue weighted by atomic mass is 16.2. The molecule has 2 aromatic rings. The molecular formula is C16H20N6O2. The molecule has 0 radical (unpaired) electrons. The second-order valence-corrected chi connectivity index (χ2v) is 5.89. The summed E-state index contributed by atoms with van der Waals surface area (Å²) in [4.78, 5) is 26.4. The fourth-order valence-corrected chi connectivity index (χ4v) is 2.78. The van der Waals surface area contributed by atoms with E-state index in [0.717, 1.165) is 5.69 Å². The number of hydrogen-bond donors (Lipinski definition) is 1. The van der Waals surface area contributed by atoms with Crippen molar-refractivity contribution in [3.05, 3.63) is 36.2 Å². The topological polar surface area (TPSA) is 93.0 Å². The molecule has 8 nitrogen and oxygen atoms in total. The van der Waals surface area contributed by atoms with E-state index in [4.69, 9.17) is 0 Å². The molecule has 8 heteroatoms. The molecule has 3 rings (SSSR count). The number of nitrogens with zero attached hydrogens (tertiary/aromatic N) is 5. The SMILES string of the molecule is Cc1nnnn1CC(=O)N1CCC(C(=O)Nc2ccccc2)CC1. The van der Waals surface area contributed by atoms with Crippen LogP contribution in [0.5, 0.6) is 0 Å². The maximum atomic E-state index is 12.3. The summed E-state index contributed by atoms with van der Waals surface area (Å²) in [6.07, 6.45) is 1.33. The summed E-state index contributed by atoms with van der Waals surface area (Å²) in [6.45, 7) is 3.05. The zero-order chi connectivity index (χ0) is 16.9. The number of para-hydroxylation sites is 1. The van der Waals surface area contributed by atoms with Gasteiger partial charge in [-0.3, -0.25) is 9.59 Å². The molecular weight excluding hydrogens is 308 g/mol. The number of hydrogen-bond acceptors (Lipinski definition) is 5. The van der Waals surface area contributed by atoms with Crippen molar-refractivity contribution in [2.45, 2.75) is 26.3 Å². The molecule has 0 unspecified atom stereocenters. The number of aryl methyl sites for hydroxylation is 1. The van der Waals surface area contributed by atoms with E-state index in [9.17, 15) is 9.59 Å². The van der Waals surface area contributed by atoms with Gasteiger partial charge >= 0.3 is 0 Å². The predicted octanol–water partition coefficient (Wildman–Crippen LogP) is 0.859. The molecule has 0 spiro atoms. The van der Waals surface area contributed by atoms with Crippen molar-refractivity contribution in [3.63, 3.8) is 0 Å². The van der Waals surface area contributed by atoms with Gasteiger partial charge in [0, 0.05) is 24.7 Å². The van der Waals surface area contributed by atoms with Crippen molar-refractivity contribution in [2.24, 2.45) is 5.92 Å². The number of likely N-dealkylation sites (tertiary alicyclic amines) is 1. The fraction of sp³-hybridized carbons (Fsp3) is 0.438. The summed E-state index contributed by atoms with van der Waals surface area (Å²) in [5.74, 6) is 0.543. The maximum absolute atomic E-state index is 12.3. The third-order valence-electron chi connectivity index (χ3n) is 4.26. The summed E-state index contributed by atoms with van der Waals surface area (Å²) in [7, 11) is 0. The molecule has 2 amide bonds. The fourth-order valence-electron chi connectivity index (χ4n) is 2.78. The minimum atomic E-state index is -0.0657. The number of tetrazole rings is 1. The molecule has 126 valence electrons. The van der Waals surface area contributed by atoms with Crippen molar-refractivity contribution in [1.82, 2.24) is 25.1 Å². The first-order valence-electron chi connectivity index (χ1n) is 8.00. The number of nitrogens with one attached hydrogen (secondary N) is 1. The minimum Gasteiger partial charge on any atom is -0.341 e. The van der Waals surface area contributed by atoms with E-state index in [1.165, 1.54) is 4.68 Å². The number of carbonyl (C=O) groups excluding carboxylic acids is 2. The van der Waals surface area contributed by atoms with Gasteiger partial charge in [-0.25, -0.2) is 4.68 Å². The van der Waals surface area contributed by atoms with Crippen molar-refractivity contribution in [2.75, 3.05) is 18.4 Å². The van der Waals surface area contributed by atoms with Gasteiger partial charge in [-0.2, -0.15) is 0 Å². The Morgan fingerprint density at radius 2 is 1.92 bits per heavy atom. The Labute approximate surface area is 139 Å². The summed E-state index contributed by atoms with van der Waals surface area (Å²) in [5.41, 5.74) is 0.801. The van der Waals surface area contributed by atoms with E-state index in [1.807, 2.05) is 30.3 Å². The Morgan fingerprint density at radius 1 is 1.21 bits per heavy atom. The van der Waals surface area contributed by atoms with Gasteiger partial charge in [-0.1, -0.05) is 18.2 Å². The largest absolute Gasteiger partial charge is 0.341 e. The molecule has 1 N–H and O–H groups in total. The number of anilines is 1. The van der Waals surface area contributed by atoms with Crippen LogP contribution in [0.25, 0.3) is 0 Å². The van der Waals surface area contributed by atoms with Crippen LogP contribution in [-0.4, -0.2) is 50.0 Å². The van der Waals surface area contributed by atoms with E-state index >= 15 is 0 Å². The number of aromatic nitrogens is 4. The molecule has 0 atom stereocenters. The lowest BCUT2D eigenvalue weighted by Gasteiger charge is -2.31. The molecule has 1 fully saturated rings. The Hall–Kier alpha value is -2.77. The number of carbonyl (C=O) groups is 2. The van der Waals surface area contributed by atoms with Gasteiger partial charge in [-0.05, 0) is 42.3 Å². The molecule has 0 aliphatic carbocycles. The van der Waals surface area contributed by atoms with Gasteiger partial charge in [0.15, 0.2) is 0 Å². The number of rotatable bonds is 4. The van der Waals surface area contributed by atoms with Crippen molar-refractivity contribution in [3.8, 4) is 0 Å². The van der Waals surface area contributed by atoms with Crippen LogP contribution in [0.4, 0.5) is 5.69 Å². The van der Waals surface area contributed by atoms with E-state index in [0.29, 0.717) is 31.8 Å². The first kappa shape index (κ1) is 16.1. The second-order valence-electron chi connectivity index (χ2n) is 5.89. The molecule has 0 bridgehead atoms. The first-order valence-corrected chi connectivity index (χ1v) is 8.00. The van der Waals surface area contributed by atoms with E-state index in [-0.39, 0.29) is 24.3 Å². The number of piperidine rings is 1. The quantitative estimate of drug-likeness (QED) is 0.898. The van der Waals surface area contributed by atoms with Gasteiger partial charge in [0.2, 0.25) is 11.8 Å². The van der Waals surface area contributed by atoms with E-state index in [1.54, 1.807) is 11.8 Å². The Kier molecular flexibility index (Phi) is 4.83. The van der Waals surface area contributed by atoms with Crippen LogP contribution >= 0.6 is 0 Å². The van der Waals surface area contributed by atoms with Crippen LogP contribution in [0.15, 0.2) is 30.3 Å². The molecule has 1 aliphatic heterocycles. The molecule has 1 aliphatic rings. The number of benzene rings is 1. The molecule has 1 aromatic heterocycles. The average molecular weight is 328 g/mol. The van der Waals surface area contributed by atoms with Crippen LogP contribution < -0.4 is 5.32 Å². The van der Waals surface area contributed by atoms with Crippen molar-refractivity contribution < 1.29 is 9.59 Å². The second kappa shape index (κ2) is 7.20. The monoisotopic (exact) mass is 328 g/mol. The summed E-state index contributed by atoms with van der Waals surface area (Å²) in [5, 5.41) is 14.0. The molecule has 1 saturated heterocycles. The van der Waals surface area contributed by atoms with Gasteiger partial charge in [0.25, 0.3) is 0 Å². The van der Waals surface area contributed by atoms with Crippen molar-refractivity contribution >= 4 is 17.5 Å². The van der Waals surface area contributed by atoms with Gasteiger partial charge in [-0.15, -0.1) is 5.10 Å². The predicted molar refractivity (Wildman–Crippen MR) is 86.9 cm³/mol. The molecule has 24 heavy (non-hydrogen) atoms. The van der Waals surface area contributed by atoms with Crippen LogP contribution in [0.1, 0.15) is 18.7 Å². The molecule has 2 heterocycles. The third kappa shape index (κ3) is 3.76. The van der Waals surface area contributed by atoms with Crippen LogP contribution in [0.2, 0.25) is 0 Å². The van der Waals surface area contributed by atoms with Crippen LogP contribution in [-0.2, 0) is 16.1 Å². The third-order valence-corrected chi connectivity index (χ3v) is 4.26. The lowest BCUT2D eigenvalue weighted by atomic mass is 9.95. The first-order chi connectivity index (χ1) is 11.6. The highest BCUT2D eigenvalue weighted by Crippen LogP contribution is 2.19. The normalized spacial score (nSPS) is 15.3. The standard InChI is InChI=1S/C16H20N6O2/c1-12-18-19-20-22(12)11-15(23)21-9-7-13(8-10-21)16(24)17-14-5-3-2-4-6-14/h2-6,13H,7-11H2,1H3,(H,17,24). The van der Waals surface area contributed by atoms with E-state index in [2.05, 4.69) is 20.8 Å². The number of amides is 2. The Morgan fingerprint density at radius 3 is 2.54 bits per heavy atom. The maximum Gasteiger partial charge on any atom is 0.244 e.